The van der Waals surface area contributed by atoms with Gasteiger partial charge in [-0.3, -0.25) is 10.1 Å². The van der Waals surface area contributed by atoms with Gasteiger partial charge in [0.25, 0.3) is 0 Å². The number of benzene rings is 2. The van der Waals surface area contributed by atoms with Gasteiger partial charge in [-0.25, -0.2) is 9.18 Å². The summed E-state index contributed by atoms with van der Waals surface area (Å²) in [5.41, 5.74) is 0.619. The molecule has 120 valence electrons. The highest BCUT2D eigenvalue weighted by atomic mass is 79.9. The van der Waals surface area contributed by atoms with Gasteiger partial charge >= 0.3 is 6.03 Å². The van der Waals surface area contributed by atoms with E-state index in [1.807, 2.05) is 0 Å². The zero-order valence-electron chi connectivity index (χ0n) is 11.7. The normalized spacial score (nSPS) is 10.0. The fraction of sp³-hybridized carbons (Fsp3) is 0.0667. The number of carbonyl (C=O) groups excluding carboxylic acids is 2. The van der Waals surface area contributed by atoms with Gasteiger partial charge < -0.3 is 10.6 Å². The summed E-state index contributed by atoms with van der Waals surface area (Å²) >= 11 is 9.02. The second-order valence-corrected chi connectivity index (χ2v) is 5.84. The Morgan fingerprint density at radius 2 is 1.83 bits per heavy atom. The highest BCUT2D eigenvalue weighted by Gasteiger charge is 2.09. The molecule has 0 saturated carbocycles. The third-order valence-corrected chi connectivity index (χ3v) is 3.49. The first-order valence-electron chi connectivity index (χ1n) is 6.49. The van der Waals surface area contributed by atoms with Crippen LogP contribution >= 0.6 is 27.5 Å². The number of urea groups is 1. The van der Waals surface area contributed by atoms with Crippen LogP contribution in [0.2, 0.25) is 5.02 Å². The number of nitrogens with one attached hydrogen (secondary N) is 3. The summed E-state index contributed by atoms with van der Waals surface area (Å²) in [5.74, 6) is -1.15. The van der Waals surface area contributed by atoms with Crippen LogP contribution in [0.15, 0.2) is 46.9 Å². The Balaban J connectivity index is 1.83. The quantitative estimate of drug-likeness (QED) is 0.726. The lowest BCUT2D eigenvalue weighted by Crippen LogP contribution is -2.38. The first-order valence-corrected chi connectivity index (χ1v) is 7.66. The molecule has 5 nitrogen and oxygen atoms in total. The first kappa shape index (κ1) is 17.2. The van der Waals surface area contributed by atoms with Gasteiger partial charge in [0.2, 0.25) is 5.91 Å². The molecule has 0 bridgehead atoms. The SMILES string of the molecule is O=C(CNc1cc(Cl)ccc1F)NC(=O)Nc1ccc(Br)cc1. The molecular formula is C15H12BrClFN3O2. The van der Waals surface area contributed by atoms with Crippen molar-refractivity contribution >= 4 is 50.8 Å². The van der Waals surface area contributed by atoms with Crippen molar-refractivity contribution in [3.8, 4) is 0 Å². The number of carbonyl (C=O) groups is 2. The van der Waals surface area contributed by atoms with E-state index < -0.39 is 17.8 Å². The Kier molecular flexibility index (Phi) is 5.95. The lowest BCUT2D eigenvalue weighted by atomic mass is 10.3. The fourth-order valence-corrected chi connectivity index (χ4v) is 2.11. The van der Waals surface area contributed by atoms with Gasteiger partial charge in [-0.1, -0.05) is 27.5 Å². The van der Waals surface area contributed by atoms with E-state index in [0.29, 0.717) is 10.7 Å². The van der Waals surface area contributed by atoms with Crippen LogP contribution in [0, 0.1) is 5.82 Å². The van der Waals surface area contributed by atoms with Crippen LogP contribution < -0.4 is 16.0 Å². The highest BCUT2D eigenvalue weighted by Crippen LogP contribution is 2.19. The predicted molar refractivity (Wildman–Crippen MR) is 91.2 cm³/mol. The van der Waals surface area contributed by atoms with Gasteiger partial charge in [-0.05, 0) is 42.5 Å². The van der Waals surface area contributed by atoms with E-state index >= 15 is 0 Å². The molecule has 3 amide bonds. The van der Waals surface area contributed by atoms with Crippen molar-refractivity contribution in [3.63, 3.8) is 0 Å². The molecule has 0 atom stereocenters. The van der Waals surface area contributed by atoms with E-state index in [4.69, 9.17) is 11.6 Å². The van der Waals surface area contributed by atoms with Crippen molar-refractivity contribution in [1.29, 1.82) is 0 Å². The highest BCUT2D eigenvalue weighted by molar-refractivity contribution is 9.10. The number of hydrogen-bond donors (Lipinski definition) is 3. The Labute approximate surface area is 145 Å². The molecule has 0 fully saturated rings. The van der Waals surface area contributed by atoms with Crippen LogP contribution in [0.3, 0.4) is 0 Å². The van der Waals surface area contributed by atoms with Gasteiger partial charge in [-0.15, -0.1) is 0 Å². The summed E-state index contributed by atoms with van der Waals surface area (Å²) in [6.07, 6.45) is 0. The number of halogens is 3. The Morgan fingerprint density at radius 3 is 2.52 bits per heavy atom. The second-order valence-electron chi connectivity index (χ2n) is 4.49. The largest absolute Gasteiger partial charge is 0.374 e. The topological polar surface area (TPSA) is 70.2 Å². The predicted octanol–water partition coefficient (Wildman–Crippen LogP) is 4.00. The molecule has 0 saturated heterocycles. The van der Waals surface area contributed by atoms with Crippen LogP contribution in [-0.2, 0) is 4.79 Å². The Morgan fingerprint density at radius 1 is 1.13 bits per heavy atom. The third-order valence-electron chi connectivity index (χ3n) is 2.72. The average Bonchev–Trinajstić information content (AvgIpc) is 2.50. The maximum absolute atomic E-state index is 13.5. The maximum Gasteiger partial charge on any atom is 0.325 e. The van der Waals surface area contributed by atoms with Gasteiger partial charge in [0.05, 0.1) is 12.2 Å². The molecule has 0 aliphatic heterocycles. The molecule has 0 spiro atoms. The Bertz CT molecular complexity index is 725. The molecule has 2 aromatic carbocycles. The van der Waals surface area contributed by atoms with Crippen molar-refractivity contribution in [2.75, 3.05) is 17.2 Å². The fourth-order valence-electron chi connectivity index (χ4n) is 1.67. The third kappa shape index (κ3) is 5.54. The van der Waals surface area contributed by atoms with Crippen molar-refractivity contribution < 1.29 is 14.0 Å². The zero-order chi connectivity index (χ0) is 16.8. The molecule has 0 unspecified atom stereocenters. The van der Waals surface area contributed by atoms with Gasteiger partial charge in [0.15, 0.2) is 0 Å². The summed E-state index contributed by atoms with van der Waals surface area (Å²) in [6.45, 7) is -0.273. The number of anilines is 2. The minimum Gasteiger partial charge on any atom is -0.374 e. The molecular weight excluding hydrogens is 389 g/mol. The molecule has 0 aliphatic rings. The lowest BCUT2D eigenvalue weighted by Gasteiger charge is -2.09. The van der Waals surface area contributed by atoms with Crippen LogP contribution in [0.25, 0.3) is 0 Å². The summed E-state index contributed by atoms with van der Waals surface area (Å²) < 4.78 is 14.3. The molecule has 23 heavy (non-hydrogen) atoms. The second kappa shape index (κ2) is 7.94. The smallest absolute Gasteiger partial charge is 0.325 e. The van der Waals surface area contributed by atoms with E-state index in [9.17, 15) is 14.0 Å². The molecule has 2 aromatic rings. The minimum absolute atomic E-state index is 0.0842. The van der Waals surface area contributed by atoms with Crippen LogP contribution in [-0.4, -0.2) is 18.5 Å². The van der Waals surface area contributed by atoms with Crippen molar-refractivity contribution in [3.05, 3.63) is 57.8 Å². The standard InChI is InChI=1S/C15H12BrClFN3O2/c16-9-1-4-11(5-2-9)20-15(23)21-14(22)8-19-13-7-10(17)3-6-12(13)18/h1-7,19H,8H2,(H2,20,21,22,23). The van der Waals surface area contributed by atoms with E-state index in [1.165, 1.54) is 18.2 Å². The minimum atomic E-state index is -0.675. The molecule has 3 N–H and O–H groups in total. The number of hydrogen-bond acceptors (Lipinski definition) is 3. The van der Waals surface area contributed by atoms with Crippen molar-refractivity contribution in [2.45, 2.75) is 0 Å². The lowest BCUT2D eigenvalue weighted by molar-refractivity contribution is -0.118. The van der Waals surface area contributed by atoms with Crippen LogP contribution in [0.5, 0.6) is 0 Å². The van der Waals surface area contributed by atoms with Gasteiger partial charge in [0.1, 0.15) is 5.82 Å². The Hall–Kier alpha value is -2.12. The molecule has 2 rings (SSSR count). The number of amides is 3. The zero-order valence-corrected chi connectivity index (χ0v) is 14.0. The van der Waals surface area contributed by atoms with E-state index in [2.05, 4.69) is 31.9 Å². The van der Waals surface area contributed by atoms with E-state index in [1.54, 1.807) is 24.3 Å². The number of imide groups is 1. The van der Waals surface area contributed by atoms with Crippen LogP contribution in [0.1, 0.15) is 0 Å². The molecule has 8 heteroatoms. The molecule has 0 aromatic heterocycles. The van der Waals surface area contributed by atoms with Crippen LogP contribution in [0.4, 0.5) is 20.6 Å². The maximum atomic E-state index is 13.5. The van der Waals surface area contributed by atoms with E-state index in [-0.39, 0.29) is 12.2 Å². The summed E-state index contributed by atoms with van der Waals surface area (Å²) in [4.78, 5) is 23.3. The van der Waals surface area contributed by atoms with Crippen molar-refractivity contribution in [2.24, 2.45) is 0 Å². The average molecular weight is 401 g/mol. The van der Waals surface area contributed by atoms with Gasteiger partial charge in [-0.2, -0.15) is 0 Å². The molecule has 0 heterocycles. The number of rotatable bonds is 4. The molecule has 0 aliphatic carbocycles. The first-order chi connectivity index (χ1) is 10.9. The summed E-state index contributed by atoms with van der Waals surface area (Å²) in [6, 6.07) is 10.1. The van der Waals surface area contributed by atoms with Gasteiger partial charge in [0, 0.05) is 15.2 Å². The van der Waals surface area contributed by atoms with E-state index in [0.717, 1.165) is 4.47 Å². The van der Waals surface area contributed by atoms with Crippen molar-refractivity contribution in [1.82, 2.24) is 5.32 Å². The summed E-state index contributed by atoms with van der Waals surface area (Å²) in [7, 11) is 0. The molecule has 0 radical (unpaired) electrons. The summed E-state index contributed by atoms with van der Waals surface area (Å²) in [5, 5.41) is 7.54. The monoisotopic (exact) mass is 399 g/mol.